The van der Waals surface area contributed by atoms with E-state index < -0.39 is 0 Å². The number of rotatable bonds is 9. The van der Waals surface area contributed by atoms with E-state index in [4.69, 9.17) is 0 Å². The van der Waals surface area contributed by atoms with E-state index in [1.165, 1.54) is 53.6 Å². The Kier molecular flexibility index (Phi) is 9.58. The summed E-state index contributed by atoms with van der Waals surface area (Å²) in [6, 6.07) is 79.3. The van der Waals surface area contributed by atoms with Crippen molar-refractivity contribution in [3.05, 3.63) is 230 Å². The lowest BCUT2D eigenvalue weighted by molar-refractivity contribution is 1.25. The van der Waals surface area contributed by atoms with Crippen LogP contribution in [-0.2, 0) is 0 Å². The Balaban J connectivity index is 1.17. The van der Waals surface area contributed by atoms with Crippen molar-refractivity contribution in [2.75, 3.05) is 9.80 Å². The highest BCUT2D eigenvalue weighted by atomic mass is 32.1. The first kappa shape index (κ1) is 36.2. The van der Waals surface area contributed by atoms with Gasteiger partial charge in [0.05, 0.1) is 0 Å². The van der Waals surface area contributed by atoms with Gasteiger partial charge in [-0.1, -0.05) is 133 Å². The maximum Gasteiger partial charge on any atom is 0.0490 e. The number of hydrogen-bond acceptors (Lipinski definition) is 3. The fraction of sp³-hybridized carbons (Fsp3) is 0.0357. The molecule has 10 rings (SSSR count). The standard InChI is InChI=1S/C56H42N2S/c1-39-18-9-12-31-53(39)57(46-22-5-3-6-23-46)48-26-15-20-41(37-48)43-34-44(36-45(35-43)50-29-17-30-52-51-28-11-14-33-55(51)59-56(50)52)42-21-16-27-49(38-42)58(47-24-7-4-8-25-47)54-32-13-10-19-40(54)2/h3-38H,1-2H3. The number of thiophene rings is 1. The molecule has 0 saturated carbocycles. The van der Waals surface area contributed by atoms with Crippen LogP contribution in [0.3, 0.4) is 0 Å². The number of benzene rings is 9. The first-order valence-electron chi connectivity index (χ1n) is 20.2. The van der Waals surface area contributed by atoms with Gasteiger partial charge in [-0.15, -0.1) is 11.3 Å². The minimum Gasteiger partial charge on any atom is -0.310 e. The average Bonchev–Trinajstić information content (AvgIpc) is 3.68. The van der Waals surface area contributed by atoms with Crippen LogP contribution in [0.15, 0.2) is 218 Å². The Morgan fingerprint density at radius 3 is 1.32 bits per heavy atom. The molecule has 0 aliphatic heterocycles. The second-order valence-corrected chi connectivity index (χ2v) is 16.1. The molecule has 0 unspecified atom stereocenters. The molecule has 0 N–H and O–H groups in total. The van der Waals surface area contributed by atoms with Crippen LogP contribution in [0.5, 0.6) is 0 Å². The smallest absolute Gasteiger partial charge is 0.0490 e. The summed E-state index contributed by atoms with van der Waals surface area (Å²) in [5.74, 6) is 0. The van der Waals surface area contributed by atoms with Crippen LogP contribution < -0.4 is 9.80 Å². The van der Waals surface area contributed by atoms with Crippen LogP contribution in [0.1, 0.15) is 11.1 Å². The number of nitrogens with zero attached hydrogens (tertiary/aromatic N) is 2. The Morgan fingerprint density at radius 2 is 0.763 bits per heavy atom. The maximum absolute atomic E-state index is 2.38. The molecule has 0 aliphatic carbocycles. The summed E-state index contributed by atoms with van der Waals surface area (Å²) in [5.41, 5.74) is 16.3. The highest BCUT2D eigenvalue weighted by Crippen LogP contribution is 2.44. The SMILES string of the molecule is Cc1ccccc1N(c1ccccc1)c1cccc(-c2cc(-c3cccc(N(c4ccccc4)c4ccccc4C)c3)cc(-c3cccc4c3sc3ccccc34)c2)c1. The van der Waals surface area contributed by atoms with Crippen molar-refractivity contribution < 1.29 is 0 Å². The minimum absolute atomic E-state index is 1.11. The Bertz CT molecular complexity index is 2940. The molecule has 282 valence electrons. The van der Waals surface area contributed by atoms with Gasteiger partial charge in [0.15, 0.2) is 0 Å². The first-order chi connectivity index (χ1) is 29.1. The van der Waals surface area contributed by atoms with Crippen LogP contribution in [0.4, 0.5) is 34.1 Å². The van der Waals surface area contributed by atoms with Gasteiger partial charge in [0, 0.05) is 54.3 Å². The fourth-order valence-electron chi connectivity index (χ4n) is 8.38. The van der Waals surface area contributed by atoms with Crippen LogP contribution in [0, 0.1) is 13.8 Å². The monoisotopic (exact) mass is 774 g/mol. The second-order valence-electron chi connectivity index (χ2n) is 15.1. The van der Waals surface area contributed by atoms with Crippen molar-refractivity contribution >= 4 is 65.6 Å². The number of fused-ring (bicyclic) bond motifs is 3. The van der Waals surface area contributed by atoms with Gasteiger partial charge < -0.3 is 9.80 Å². The number of hydrogen-bond donors (Lipinski definition) is 0. The molecule has 0 atom stereocenters. The maximum atomic E-state index is 2.38. The van der Waals surface area contributed by atoms with Crippen molar-refractivity contribution in [3.63, 3.8) is 0 Å². The highest BCUT2D eigenvalue weighted by molar-refractivity contribution is 7.26. The van der Waals surface area contributed by atoms with Crippen molar-refractivity contribution in [2.45, 2.75) is 13.8 Å². The van der Waals surface area contributed by atoms with Crippen molar-refractivity contribution in [3.8, 4) is 33.4 Å². The van der Waals surface area contributed by atoms with Crippen molar-refractivity contribution in [2.24, 2.45) is 0 Å². The molecule has 0 saturated heterocycles. The van der Waals surface area contributed by atoms with E-state index in [1.54, 1.807) is 0 Å². The average molecular weight is 775 g/mol. The van der Waals surface area contributed by atoms with Gasteiger partial charge in [-0.2, -0.15) is 0 Å². The normalized spacial score (nSPS) is 11.2. The summed E-state index contributed by atoms with van der Waals surface area (Å²) in [6.45, 7) is 4.37. The van der Waals surface area contributed by atoms with Crippen LogP contribution in [-0.4, -0.2) is 0 Å². The quantitative estimate of drug-likeness (QED) is 0.144. The van der Waals surface area contributed by atoms with E-state index in [0.29, 0.717) is 0 Å². The van der Waals surface area contributed by atoms with Gasteiger partial charge in [-0.3, -0.25) is 0 Å². The molecule has 0 spiro atoms. The van der Waals surface area contributed by atoms with E-state index in [9.17, 15) is 0 Å². The number of aryl methyl sites for hydroxylation is 2. The van der Waals surface area contributed by atoms with Gasteiger partial charge in [0.25, 0.3) is 0 Å². The van der Waals surface area contributed by atoms with E-state index >= 15 is 0 Å². The van der Waals surface area contributed by atoms with Gasteiger partial charge in [-0.25, -0.2) is 0 Å². The molecule has 0 aliphatic rings. The predicted octanol–water partition coefficient (Wildman–Crippen LogP) is 16.6. The van der Waals surface area contributed by atoms with Gasteiger partial charge in [-0.05, 0) is 143 Å². The second kappa shape index (κ2) is 15.6. The summed E-state index contributed by atoms with van der Waals surface area (Å²) >= 11 is 1.88. The molecule has 10 aromatic rings. The zero-order valence-corrected chi connectivity index (χ0v) is 33.9. The third-order valence-corrected chi connectivity index (χ3v) is 12.5. The minimum atomic E-state index is 1.11. The lowest BCUT2D eigenvalue weighted by Crippen LogP contribution is -2.11. The molecule has 1 heterocycles. The molecule has 0 radical (unpaired) electrons. The number of anilines is 6. The first-order valence-corrected chi connectivity index (χ1v) is 21.0. The topological polar surface area (TPSA) is 6.48 Å². The lowest BCUT2D eigenvalue weighted by atomic mass is 9.92. The zero-order valence-electron chi connectivity index (χ0n) is 33.1. The Hall–Kier alpha value is -7.20. The predicted molar refractivity (Wildman–Crippen MR) is 254 cm³/mol. The third kappa shape index (κ3) is 6.96. The Labute approximate surface area is 350 Å². The fourth-order valence-corrected chi connectivity index (χ4v) is 9.62. The molecular formula is C56H42N2S. The summed E-state index contributed by atoms with van der Waals surface area (Å²) in [4.78, 5) is 4.74. The molecule has 0 amide bonds. The third-order valence-electron chi connectivity index (χ3n) is 11.3. The lowest BCUT2D eigenvalue weighted by Gasteiger charge is -2.27. The Morgan fingerprint density at radius 1 is 0.322 bits per heavy atom. The zero-order chi connectivity index (χ0) is 39.7. The van der Waals surface area contributed by atoms with E-state index in [1.807, 2.05) is 11.3 Å². The van der Waals surface area contributed by atoms with Gasteiger partial charge in [0.1, 0.15) is 0 Å². The summed E-state index contributed by atoms with van der Waals surface area (Å²) in [7, 11) is 0. The molecule has 0 fully saturated rings. The summed E-state index contributed by atoms with van der Waals surface area (Å²) in [6.07, 6.45) is 0. The summed E-state index contributed by atoms with van der Waals surface area (Å²) < 4.78 is 2.62. The van der Waals surface area contributed by atoms with Gasteiger partial charge in [0.2, 0.25) is 0 Å². The van der Waals surface area contributed by atoms with E-state index in [-0.39, 0.29) is 0 Å². The molecular weight excluding hydrogens is 733 g/mol. The largest absolute Gasteiger partial charge is 0.310 e. The van der Waals surface area contributed by atoms with E-state index in [2.05, 4.69) is 242 Å². The molecule has 59 heavy (non-hydrogen) atoms. The highest BCUT2D eigenvalue weighted by Gasteiger charge is 2.19. The molecule has 0 bridgehead atoms. The molecule has 9 aromatic carbocycles. The summed E-state index contributed by atoms with van der Waals surface area (Å²) in [5, 5.41) is 2.60. The molecule has 1 aromatic heterocycles. The molecule has 2 nitrogen and oxygen atoms in total. The van der Waals surface area contributed by atoms with Crippen LogP contribution >= 0.6 is 11.3 Å². The van der Waals surface area contributed by atoms with E-state index in [0.717, 1.165) is 45.3 Å². The van der Waals surface area contributed by atoms with Crippen LogP contribution in [0.2, 0.25) is 0 Å². The van der Waals surface area contributed by atoms with Crippen LogP contribution in [0.25, 0.3) is 53.6 Å². The van der Waals surface area contributed by atoms with Crippen molar-refractivity contribution in [1.82, 2.24) is 0 Å². The number of para-hydroxylation sites is 4. The van der Waals surface area contributed by atoms with Crippen molar-refractivity contribution in [1.29, 1.82) is 0 Å². The molecule has 3 heteroatoms. The van der Waals surface area contributed by atoms with Gasteiger partial charge >= 0.3 is 0 Å².